The van der Waals surface area contributed by atoms with Gasteiger partial charge in [-0.2, -0.15) is 5.10 Å². The molecule has 1 rings (SSSR count). The molecule has 0 bridgehead atoms. The van der Waals surface area contributed by atoms with Crippen molar-refractivity contribution < 1.29 is 4.79 Å². The molecule has 0 saturated carbocycles. The fraction of sp³-hybridized carbons (Fsp3) is 0.600. The molecule has 0 radical (unpaired) electrons. The monoisotopic (exact) mass is 240 g/mol. The Labute approximate surface area is 100 Å². The number of carbonyl (C=O) groups is 1. The van der Waals surface area contributed by atoms with Crippen LogP contribution >= 0.6 is 0 Å². The van der Waals surface area contributed by atoms with E-state index in [2.05, 4.69) is 10.4 Å². The van der Waals surface area contributed by atoms with E-state index in [-0.39, 0.29) is 5.91 Å². The molecule has 0 spiro atoms. The van der Waals surface area contributed by atoms with Gasteiger partial charge < -0.3 is 22.5 Å². The molecule has 1 aromatic rings. The van der Waals surface area contributed by atoms with Gasteiger partial charge in [-0.05, 0) is 19.4 Å². The van der Waals surface area contributed by atoms with Gasteiger partial charge in [0, 0.05) is 7.05 Å². The Kier molecular flexibility index (Phi) is 4.92. The molecule has 0 fully saturated rings. The summed E-state index contributed by atoms with van der Waals surface area (Å²) in [6, 6.07) is -0.541. The van der Waals surface area contributed by atoms with E-state index in [0.717, 1.165) is 12.8 Å². The zero-order valence-corrected chi connectivity index (χ0v) is 10.0. The van der Waals surface area contributed by atoms with Crippen LogP contribution < -0.4 is 22.5 Å². The molecule has 0 unspecified atom stereocenters. The number of nitrogens with two attached hydrogens (primary N) is 3. The van der Waals surface area contributed by atoms with Crippen LogP contribution in [-0.4, -0.2) is 28.3 Å². The van der Waals surface area contributed by atoms with Crippen LogP contribution in [-0.2, 0) is 11.8 Å². The maximum atomic E-state index is 11.7. The highest BCUT2D eigenvalue weighted by Crippen LogP contribution is 2.16. The van der Waals surface area contributed by atoms with E-state index in [0.29, 0.717) is 24.5 Å². The smallest absolute Gasteiger partial charge is 0.241 e. The van der Waals surface area contributed by atoms with Crippen LogP contribution in [0.4, 0.5) is 11.5 Å². The third-order valence-electron chi connectivity index (χ3n) is 2.55. The first-order valence-corrected chi connectivity index (χ1v) is 5.60. The van der Waals surface area contributed by atoms with E-state index in [4.69, 9.17) is 17.2 Å². The highest BCUT2D eigenvalue weighted by Gasteiger charge is 2.15. The minimum absolute atomic E-state index is 0.248. The Morgan fingerprint density at radius 2 is 2.29 bits per heavy atom. The first kappa shape index (κ1) is 13.5. The van der Waals surface area contributed by atoms with E-state index >= 15 is 0 Å². The number of nitrogens with one attached hydrogen (secondary N) is 1. The molecule has 17 heavy (non-hydrogen) atoms. The van der Waals surface area contributed by atoms with Crippen molar-refractivity contribution in [2.75, 3.05) is 17.6 Å². The van der Waals surface area contributed by atoms with Crippen molar-refractivity contribution in [2.24, 2.45) is 18.5 Å². The number of anilines is 2. The van der Waals surface area contributed by atoms with Gasteiger partial charge in [0.2, 0.25) is 5.91 Å². The number of aromatic nitrogens is 2. The van der Waals surface area contributed by atoms with Gasteiger partial charge in [0.25, 0.3) is 0 Å². The zero-order chi connectivity index (χ0) is 12.8. The van der Waals surface area contributed by atoms with E-state index < -0.39 is 6.04 Å². The summed E-state index contributed by atoms with van der Waals surface area (Å²) in [6.07, 6.45) is 3.83. The average Bonchev–Trinajstić information content (AvgIpc) is 2.61. The van der Waals surface area contributed by atoms with Gasteiger partial charge in [-0.25, -0.2) is 0 Å². The molecule has 96 valence electrons. The second-order valence-electron chi connectivity index (χ2n) is 3.95. The lowest BCUT2D eigenvalue weighted by atomic mass is 10.1. The average molecular weight is 240 g/mol. The summed E-state index contributed by atoms with van der Waals surface area (Å²) in [5.74, 6) is 0.161. The Balaban J connectivity index is 2.46. The van der Waals surface area contributed by atoms with Gasteiger partial charge in [0.05, 0.1) is 12.2 Å². The third kappa shape index (κ3) is 3.72. The topological polar surface area (TPSA) is 125 Å². The molecule has 0 aliphatic rings. The van der Waals surface area contributed by atoms with Crippen molar-refractivity contribution in [3.63, 3.8) is 0 Å². The van der Waals surface area contributed by atoms with Crippen LogP contribution in [0, 0.1) is 0 Å². The van der Waals surface area contributed by atoms with Crippen molar-refractivity contribution in [1.82, 2.24) is 9.78 Å². The van der Waals surface area contributed by atoms with Crippen LogP contribution in [0.1, 0.15) is 19.3 Å². The Morgan fingerprint density at radius 3 is 2.82 bits per heavy atom. The number of carbonyl (C=O) groups excluding carboxylic acids is 1. The lowest BCUT2D eigenvalue weighted by Crippen LogP contribution is -2.35. The van der Waals surface area contributed by atoms with Crippen molar-refractivity contribution in [3.05, 3.63) is 6.20 Å². The molecule has 1 atom stereocenters. The largest absolute Gasteiger partial charge is 0.382 e. The molecule has 7 nitrogen and oxygen atoms in total. The van der Waals surface area contributed by atoms with E-state index in [9.17, 15) is 4.79 Å². The fourth-order valence-electron chi connectivity index (χ4n) is 1.41. The number of aryl methyl sites for hydroxylation is 1. The highest BCUT2D eigenvalue weighted by atomic mass is 16.2. The van der Waals surface area contributed by atoms with Crippen molar-refractivity contribution in [2.45, 2.75) is 25.3 Å². The normalized spacial score (nSPS) is 12.4. The molecule has 1 aromatic heterocycles. The summed E-state index contributed by atoms with van der Waals surface area (Å²) in [7, 11) is 1.70. The summed E-state index contributed by atoms with van der Waals surface area (Å²) < 4.78 is 1.48. The van der Waals surface area contributed by atoms with Gasteiger partial charge in [-0.15, -0.1) is 0 Å². The molecule has 1 amide bonds. The number of hydrogen-bond acceptors (Lipinski definition) is 5. The third-order valence-corrected chi connectivity index (χ3v) is 2.55. The minimum atomic E-state index is -0.541. The van der Waals surface area contributed by atoms with E-state index in [1.54, 1.807) is 7.05 Å². The molecule has 0 aliphatic carbocycles. The van der Waals surface area contributed by atoms with Crippen molar-refractivity contribution in [3.8, 4) is 0 Å². The molecule has 0 aromatic carbocycles. The summed E-state index contributed by atoms with van der Waals surface area (Å²) in [5, 5.41) is 6.58. The molecular weight excluding hydrogens is 220 g/mol. The second-order valence-corrected chi connectivity index (χ2v) is 3.95. The summed E-state index contributed by atoms with van der Waals surface area (Å²) >= 11 is 0. The Hall–Kier alpha value is -1.60. The number of nitrogens with zero attached hydrogens (tertiary/aromatic N) is 2. The van der Waals surface area contributed by atoms with Gasteiger partial charge >= 0.3 is 0 Å². The number of unbranched alkanes of at least 4 members (excludes halogenated alkanes) is 1. The van der Waals surface area contributed by atoms with Crippen LogP contribution in [0.2, 0.25) is 0 Å². The van der Waals surface area contributed by atoms with E-state index in [1.807, 2.05) is 0 Å². The van der Waals surface area contributed by atoms with Gasteiger partial charge in [0.15, 0.2) is 0 Å². The van der Waals surface area contributed by atoms with Crippen LogP contribution in [0.5, 0.6) is 0 Å². The van der Waals surface area contributed by atoms with Gasteiger partial charge in [0.1, 0.15) is 11.5 Å². The molecule has 7 N–H and O–H groups in total. The second kappa shape index (κ2) is 6.21. The number of rotatable bonds is 6. The first-order valence-electron chi connectivity index (χ1n) is 5.60. The van der Waals surface area contributed by atoms with Crippen molar-refractivity contribution in [1.29, 1.82) is 0 Å². The molecule has 0 saturated heterocycles. The number of nitrogen functional groups attached to an aromatic ring is 1. The predicted molar refractivity (Wildman–Crippen MR) is 67.1 cm³/mol. The lowest BCUT2D eigenvalue weighted by molar-refractivity contribution is -0.117. The van der Waals surface area contributed by atoms with Gasteiger partial charge in [-0.3, -0.25) is 9.48 Å². The quantitative estimate of drug-likeness (QED) is 0.494. The standard InChI is InChI=1S/C10H20N6O/c1-16-9(13)8(6-14-16)15-10(17)7(12)4-2-3-5-11/h6-7H,2-5,11-13H2,1H3,(H,15,17)/t7-/m0/s1. The maximum Gasteiger partial charge on any atom is 0.241 e. The molecule has 1 heterocycles. The Bertz CT molecular complexity index is 375. The SMILES string of the molecule is Cn1ncc(NC(=O)[C@@H](N)CCCCN)c1N. The number of hydrogen-bond donors (Lipinski definition) is 4. The molecular formula is C10H20N6O. The van der Waals surface area contributed by atoms with E-state index in [1.165, 1.54) is 10.9 Å². The Morgan fingerprint density at radius 1 is 1.59 bits per heavy atom. The van der Waals surface area contributed by atoms with Crippen LogP contribution in [0.15, 0.2) is 6.20 Å². The van der Waals surface area contributed by atoms with Crippen LogP contribution in [0.3, 0.4) is 0 Å². The first-order chi connectivity index (χ1) is 8.06. The molecule has 0 aliphatic heterocycles. The van der Waals surface area contributed by atoms with Gasteiger partial charge in [-0.1, -0.05) is 6.42 Å². The summed E-state index contributed by atoms with van der Waals surface area (Å²) in [4.78, 5) is 11.7. The minimum Gasteiger partial charge on any atom is -0.382 e. The maximum absolute atomic E-state index is 11.7. The summed E-state index contributed by atoms with van der Waals surface area (Å²) in [5.41, 5.74) is 17.3. The summed E-state index contributed by atoms with van der Waals surface area (Å²) in [6.45, 7) is 0.615. The predicted octanol–water partition coefficient (Wildman–Crippen LogP) is -0.603. The van der Waals surface area contributed by atoms with Crippen molar-refractivity contribution >= 4 is 17.4 Å². The highest BCUT2D eigenvalue weighted by molar-refractivity contribution is 5.96. The zero-order valence-electron chi connectivity index (χ0n) is 10.0. The molecule has 7 heteroatoms. The fourth-order valence-corrected chi connectivity index (χ4v) is 1.41. The van der Waals surface area contributed by atoms with Crippen LogP contribution in [0.25, 0.3) is 0 Å². The number of amides is 1. The lowest BCUT2D eigenvalue weighted by Gasteiger charge is -2.11.